The Bertz CT molecular complexity index is 1330. The van der Waals surface area contributed by atoms with E-state index in [-0.39, 0.29) is 29.7 Å². The molecule has 11 heteroatoms. The van der Waals surface area contributed by atoms with Gasteiger partial charge in [-0.3, -0.25) is 14.2 Å². The highest BCUT2D eigenvalue weighted by molar-refractivity contribution is 7.99. The molecule has 9 nitrogen and oxygen atoms in total. The van der Waals surface area contributed by atoms with Crippen LogP contribution in [0.5, 0.6) is 0 Å². The summed E-state index contributed by atoms with van der Waals surface area (Å²) in [6.07, 6.45) is 1.55. The minimum absolute atomic E-state index is 0.102. The number of hydrogen-bond acceptors (Lipinski definition) is 7. The molecule has 1 unspecified atom stereocenters. The van der Waals surface area contributed by atoms with Crippen molar-refractivity contribution in [3.63, 3.8) is 0 Å². The molecular weight excluding hydrogens is 411 g/mol. The second-order valence-corrected chi connectivity index (χ2v) is 7.87. The van der Waals surface area contributed by atoms with Gasteiger partial charge in [-0.15, -0.1) is 0 Å². The van der Waals surface area contributed by atoms with Crippen molar-refractivity contribution in [1.29, 1.82) is 0 Å². The fourth-order valence-corrected chi connectivity index (χ4v) is 4.52. The van der Waals surface area contributed by atoms with E-state index in [1.54, 1.807) is 25.1 Å². The summed E-state index contributed by atoms with van der Waals surface area (Å²) < 4.78 is 21.2. The van der Waals surface area contributed by atoms with Gasteiger partial charge in [-0.25, -0.2) is 14.1 Å². The number of nitrogens with one attached hydrogen (secondary N) is 1. The highest BCUT2D eigenvalue weighted by atomic mass is 32.2. The van der Waals surface area contributed by atoms with Crippen molar-refractivity contribution in [2.75, 3.05) is 11.1 Å². The maximum atomic E-state index is 13.2. The summed E-state index contributed by atoms with van der Waals surface area (Å²) in [7, 11) is 0. The number of aryl methyl sites for hydroxylation is 1. The second-order valence-electron chi connectivity index (χ2n) is 6.88. The first-order valence-corrected chi connectivity index (χ1v) is 10.1. The van der Waals surface area contributed by atoms with Crippen molar-refractivity contribution in [2.24, 2.45) is 0 Å². The van der Waals surface area contributed by atoms with Crippen molar-refractivity contribution in [3.05, 3.63) is 58.5 Å². The molecule has 1 aliphatic rings. The first-order valence-electron chi connectivity index (χ1n) is 9.12. The number of amides is 1. The number of thioether (sulfide) groups is 1. The van der Waals surface area contributed by atoms with Gasteiger partial charge in [0.1, 0.15) is 17.0 Å². The molecule has 1 amide bonds. The lowest BCUT2D eigenvalue weighted by Crippen LogP contribution is -2.27. The van der Waals surface area contributed by atoms with Gasteiger partial charge >= 0.3 is 0 Å². The fourth-order valence-electron chi connectivity index (χ4n) is 3.39. The van der Waals surface area contributed by atoms with Gasteiger partial charge in [-0.2, -0.15) is 5.10 Å². The Morgan fingerprint density at radius 2 is 2.17 bits per heavy atom. The zero-order valence-electron chi connectivity index (χ0n) is 15.7. The molecule has 1 N–H and O–H groups in total. The minimum atomic E-state index is -0.360. The van der Waals surface area contributed by atoms with Gasteiger partial charge < -0.3 is 9.84 Å². The van der Waals surface area contributed by atoms with Crippen LogP contribution >= 0.6 is 11.8 Å². The van der Waals surface area contributed by atoms with Crippen LogP contribution in [0.2, 0.25) is 0 Å². The van der Waals surface area contributed by atoms with Crippen LogP contribution in [0, 0.1) is 12.7 Å². The first-order chi connectivity index (χ1) is 14.5. The smallest absolute Gasteiger partial charge is 0.265 e. The van der Waals surface area contributed by atoms with Crippen LogP contribution in [-0.2, 0) is 4.79 Å². The molecule has 0 bridgehead atoms. The number of anilines is 1. The number of benzene rings is 1. The molecular formula is C19H15FN6O3S. The predicted octanol–water partition coefficient (Wildman–Crippen LogP) is 2.69. The average Bonchev–Trinajstić information content (AvgIpc) is 3.42. The summed E-state index contributed by atoms with van der Waals surface area (Å²) in [6.45, 7) is 1.73. The monoisotopic (exact) mass is 426 g/mol. The second kappa shape index (κ2) is 7.10. The lowest BCUT2D eigenvalue weighted by atomic mass is 10.2. The summed E-state index contributed by atoms with van der Waals surface area (Å²) in [5, 5.41) is 11.5. The van der Waals surface area contributed by atoms with Crippen molar-refractivity contribution < 1.29 is 13.7 Å². The molecule has 0 saturated carbocycles. The number of rotatable bonds is 4. The summed E-state index contributed by atoms with van der Waals surface area (Å²) in [4.78, 5) is 30.1. The third-order valence-corrected chi connectivity index (χ3v) is 5.86. The summed E-state index contributed by atoms with van der Waals surface area (Å²) >= 11 is 1.40. The van der Waals surface area contributed by atoms with Gasteiger partial charge in [0.2, 0.25) is 5.91 Å². The molecule has 4 heterocycles. The SMILES string of the molecule is Cc1cc(NC(=O)CC2CSc3nc4c(cnn4-c4ccc(F)cc4)c(=O)n32)no1. The topological polar surface area (TPSA) is 108 Å². The van der Waals surface area contributed by atoms with Gasteiger partial charge in [0.05, 0.1) is 17.9 Å². The predicted molar refractivity (Wildman–Crippen MR) is 107 cm³/mol. The van der Waals surface area contributed by atoms with Crippen molar-refractivity contribution in [1.82, 2.24) is 24.5 Å². The molecule has 1 aromatic carbocycles. The number of nitrogens with zero attached hydrogens (tertiary/aromatic N) is 5. The summed E-state index contributed by atoms with van der Waals surface area (Å²) in [5.74, 6) is 0.847. The molecule has 0 fully saturated rings. The van der Waals surface area contributed by atoms with Crippen LogP contribution in [-0.4, -0.2) is 36.1 Å². The number of hydrogen-bond donors (Lipinski definition) is 1. The normalized spacial score (nSPS) is 15.5. The highest BCUT2D eigenvalue weighted by Crippen LogP contribution is 2.33. The number of halogens is 1. The Morgan fingerprint density at radius 3 is 2.90 bits per heavy atom. The van der Waals surface area contributed by atoms with Crippen LogP contribution in [0.1, 0.15) is 18.2 Å². The van der Waals surface area contributed by atoms with E-state index in [0.717, 1.165) is 0 Å². The van der Waals surface area contributed by atoms with Crippen LogP contribution in [0.4, 0.5) is 10.2 Å². The van der Waals surface area contributed by atoms with Crippen LogP contribution in [0.25, 0.3) is 16.7 Å². The van der Waals surface area contributed by atoms with E-state index in [1.807, 2.05) is 0 Å². The number of fused-ring (bicyclic) bond motifs is 2. The van der Waals surface area contributed by atoms with Crippen molar-refractivity contribution in [3.8, 4) is 5.69 Å². The molecule has 0 radical (unpaired) electrons. The lowest BCUT2D eigenvalue weighted by molar-refractivity contribution is -0.116. The molecule has 152 valence electrons. The molecule has 3 aromatic heterocycles. The van der Waals surface area contributed by atoms with E-state index in [4.69, 9.17) is 4.52 Å². The van der Waals surface area contributed by atoms with E-state index in [9.17, 15) is 14.0 Å². The number of carbonyl (C=O) groups excluding carboxylic acids is 1. The Kier molecular flexibility index (Phi) is 4.39. The third-order valence-electron chi connectivity index (χ3n) is 4.76. The molecule has 4 aromatic rings. The zero-order valence-corrected chi connectivity index (χ0v) is 16.5. The summed E-state index contributed by atoms with van der Waals surface area (Å²) in [6, 6.07) is 7.07. The van der Waals surface area contributed by atoms with Gasteiger partial charge in [0.15, 0.2) is 16.6 Å². The van der Waals surface area contributed by atoms with Gasteiger partial charge in [-0.05, 0) is 31.2 Å². The Labute approximate surface area is 172 Å². The Morgan fingerprint density at radius 1 is 1.37 bits per heavy atom. The van der Waals surface area contributed by atoms with E-state index >= 15 is 0 Å². The molecule has 0 saturated heterocycles. The molecule has 0 aliphatic carbocycles. The third kappa shape index (κ3) is 3.16. The Hall–Kier alpha value is -3.47. The van der Waals surface area contributed by atoms with Crippen molar-refractivity contribution >= 4 is 34.5 Å². The van der Waals surface area contributed by atoms with Crippen molar-refractivity contribution in [2.45, 2.75) is 24.5 Å². The first kappa shape index (κ1) is 18.6. The van der Waals surface area contributed by atoms with E-state index in [0.29, 0.717) is 39.2 Å². The number of aromatic nitrogens is 5. The lowest BCUT2D eigenvalue weighted by Gasteiger charge is -2.12. The fraction of sp³-hybridized carbons (Fsp3) is 0.211. The van der Waals surface area contributed by atoms with Gasteiger partial charge in [0.25, 0.3) is 5.56 Å². The van der Waals surface area contributed by atoms with E-state index in [1.165, 1.54) is 39.3 Å². The quantitative estimate of drug-likeness (QED) is 0.500. The van der Waals surface area contributed by atoms with E-state index < -0.39 is 0 Å². The molecule has 30 heavy (non-hydrogen) atoms. The molecule has 1 aliphatic heterocycles. The molecule has 1 atom stereocenters. The zero-order chi connectivity index (χ0) is 20.8. The molecule has 5 rings (SSSR count). The van der Waals surface area contributed by atoms with Crippen LogP contribution < -0.4 is 10.9 Å². The average molecular weight is 426 g/mol. The van der Waals surface area contributed by atoms with Crippen LogP contribution in [0.3, 0.4) is 0 Å². The van der Waals surface area contributed by atoms with Crippen LogP contribution in [0.15, 0.2) is 51.0 Å². The van der Waals surface area contributed by atoms with Gasteiger partial charge in [-0.1, -0.05) is 16.9 Å². The summed E-state index contributed by atoms with van der Waals surface area (Å²) in [5.41, 5.74) is 0.738. The standard InChI is InChI=1S/C19H15FN6O3S/c1-10-6-15(24-29-10)22-16(27)7-13-9-30-19-23-17-14(18(28)25(13)19)8-21-26(17)12-4-2-11(20)3-5-12/h2-6,8,13H,7,9H2,1H3,(H,22,24,27). The van der Waals surface area contributed by atoms with E-state index in [2.05, 4.69) is 20.6 Å². The minimum Gasteiger partial charge on any atom is -0.360 e. The largest absolute Gasteiger partial charge is 0.360 e. The highest BCUT2D eigenvalue weighted by Gasteiger charge is 2.29. The van der Waals surface area contributed by atoms with Gasteiger partial charge in [0, 0.05) is 18.2 Å². The maximum absolute atomic E-state index is 13.2. The number of carbonyl (C=O) groups is 1. The molecule has 0 spiro atoms. The maximum Gasteiger partial charge on any atom is 0.265 e. The Balaban J connectivity index is 1.46.